The Bertz CT molecular complexity index is 719. The van der Waals surface area contributed by atoms with Crippen molar-refractivity contribution in [2.75, 3.05) is 13.7 Å². The van der Waals surface area contributed by atoms with Gasteiger partial charge in [0.2, 0.25) is 0 Å². The lowest BCUT2D eigenvalue weighted by molar-refractivity contribution is 0.103. The highest BCUT2D eigenvalue weighted by molar-refractivity contribution is 6.12. The number of methoxy groups -OCH3 is 1. The molecule has 22 heavy (non-hydrogen) atoms. The summed E-state index contributed by atoms with van der Waals surface area (Å²) < 4.78 is 10.1. The molecule has 0 aliphatic carbocycles. The molecular weight excluding hydrogens is 284 g/mol. The summed E-state index contributed by atoms with van der Waals surface area (Å²) in [6.45, 7) is 0.984. The number of phenolic OH excluding ortho intramolecular Hbond substituents is 2. The normalized spacial score (nSPS) is 16.5. The van der Waals surface area contributed by atoms with Gasteiger partial charge in [0.05, 0.1) is 24.3 Å². The minimum absolute atomic E-state index is 0.0109. The monoisotopic (exact) mass is 300 g/mol. The van der Waals surface area contributed by atoms with Crippen molar-refractivity contribution in [1.29, 1.82) is 0 Å². The smallest absolute Gasteiger partial charge is 0.200 e. The first kappa shape index (κ1) is 14.6. The van der Waals surface area contributed by atoms with E-state index in [4.69, 9.17) is 9.47 Å². The summed E-state index contributed by atoms with van der Waals surface area (Å²) in [5.74, 6) is -0.672. The molecule has 5 heteroatoms. The van der Waals surface area contributed by atoms with Crippen molar-refractivity contribution in [1.82, 2.24) is 0 Å². The first-order valence-corrected chi connectivity index (χ1v) is 6.90. The topological polar surface area (TPSA) is 79.3 Å². The molecular formula is C17H16O5. The van der Waals surface area contributed by atoms with Gasteiger partial charge in [-0.3, -0.25) is 4.79 Å². The third-order valence-electron chi connectivity index (χ3n) is 3.59. The Morgan fingerprint density at radius 2 is 1.82 bits per heavy atom. The summed E-state index contributed by atoms with van der Waals surface area (Å²) in [7, 11) is 1.55. The molecule has 3 rings (SSSR count). The van der Waals surface area contributed by atoms with Crippen LogP contribution in [-0.2, 0) is 16.1 Å². The number of epoxide rings is 1. The number of carbonyl (C=O) groups excluding carboxylic acids is 1. The molecule has 0 saturated carbocycles. The number of benzene rings is 2. The molecule has 5 nitrogen and oxygen atoms in total. The SMILES string of the molecule is COCc1ccc(C(=O)c2ccc(C3CO3)cc2O)c(O)c1. The number of rotatable bonds is 5. The van der Waals surface area contributed by atoms with Crippen molar-refractivity contribution in [3.63, 3.8) is 0 Å². The highest BCUT2D eigenvalue weighted by atomic mass is 16.6. The molecule has 0 radical (unpaired) electrons. The van der Waals surface area contributed by atoms with Crippen LogP contribution >= 0.6 is 0 Å². The number of hydrogen-bond acceptors (Lipinski definition) is 5. The van der Waals surface area contributed by atoms with Crippen LogP contribution in [0.4, 0.5) is 0 Å². The Morgan fingerprint density at radius 3 is 2.36 bits per heavy atom. The maximum atomic E-state index is 12.5. The van der Waals surface area contributed by atoms with Gasteiger partial charge in [-0.05, 0) is 35.4 Å². The minimum Gasteiger partial charge on any atom is -0.507 e. The Balaban J connectivity index is 1.90. The van der Waals surface area contributed by atoms with Crippen LogP contribution in [-0.4, -0.2) is 29.7 Å². The second-order valence-electron chi connectivity index (χ2n) is 5.21. The van der Waals surface area contributed by atoms with Gasteiger partial charge in [-0.1, -0.05) is 12.1 Å². The fraction of sp³-hybridized carbons (Fsp3) is 0.235. The third-order valence-corrected chi connectivity index (χ3v) is 3.59. The number of phenols is 2. The van der Waals surface area contributed by atoms with E-state index < -0.39 is 5.78 Å². The van der Waals surface area contributed by atoms with Gasteiger partial charge in [-0.2, -0.15) is 0 Å². The van der Waals surface area contributed by atoms with Gasteiger partial charge in [0, 0.05) is 7.11 Å². The van der Waals surface area contributed by atoms with Crippen LogP contribution in [0.5, 0.6) is 11.5 Å². The van der Waals surface area contributed by atoms with Crippen molar-refractivity contribution in [2.45, 2.75) is 12.7 Å². The van der Waals surface area contributed by atoms with Crippen molar-refractivity contribution in [2.24, 2.45) is 0 Å². The molecule has 1 aliphatic heterocycles. The summed E-state index contributed by atoms with van der Waals surface area (Å²) in [6.07, 6.45) is 0.0109. The number of ether oxygens (including phenoxy) is 2. The summed E-state index contributed by atoms with van der Waals surface area (Å²) in [5, 5.41) is 20.1. The Morgan fingerprint density at radius 1 is 1.18 bits per heavy atom. The quantitative estimate of drug-likeness (QED) is 0.655. The molecule has 2 N–H and O–H groups in total. The summed E-state index contributed by atoms with van der Waals surface area (Å²) in [6, 6.07) is 9.56. The fourth-order valence-electron chi connectivity index (χ4n) is 2.35. The Labute approximate surface area is 127 Å². The van der Waals surface area contributed by atoms with Gasteiger partial charge in [-0.15, -0.1) is 0 Å². The molecule has 1 saturated heterocycles. The zero-order valence-electron chi connectivity index (χ0n) is 12.1. The average Bonchev–Trinajstić information content (AvgIpc) is 3.31. The first-order chi connectivity index (χ1) is 10.6. The number of aromatic hydroxyl groups is 2. The van der Waals surface area contributed by atoms with Crippen LogP contribution in [0, 0.1) is 0 Å². The first-order valence-electron chi connectivity index (χ1n) is 6.90. The molecule has 1 unspecified atom stereocenters. The number of carbonyl (C=O) groups is 1. The molecule has 0 spiro atoms. The molecule has 1 fully saturated rings. The summed E-state index contributed by atoms with van der Waals surface area (Å²) >= 11 is 0. The van der Waals surface area contributed by atoms with E-state index in [0.717, 1.165) is 11.1 Å². The maximum absolute atomic E-state index is 12.5. The zero-order valence-corrected chi connectivity index (χ0v) is 12.1. The Hall–Kier alpha value is -2.37. The van der Waals surface area contributed by atoms with Crippen molar-refractivity contribution in [3.8, 4) is 11.5 Å². The molecule has 0 amide bonds. The highest BCUT2D eigenvalue weighted by Gasteiger charge is 2.26. The van der Waals surface area contributed by atoms with Crippen LogP contribution in [0.25, 0.3) is 0 Å². The van der Waals surface area contributed by atoms with E-state index in [2.05, 4.69) is 0 Å². The summed E-state index contributed by atoms with van der Waals surface area (Å²) in [4.78, 5) is 12.5. The zero-order chi connectivity index (χ0) is 15.7. The molecule has 1 heterocycles. The molecule has 2 aromatic carbocycles. The van der Waals surface area contributed by atoms with Crippen molar-refractivity contribution >= 4 is 5.78 Å². The Kier molecular flexibility index (Phi) is 3.83. The average molecular weight is 300 g/mol. The van der Waals surface area contributed by atoms with Crippen LogP contribution in [0.3, 0.4) is 0 Å². The second-order valence-corrected chi connectivity index (χ2v) is 5.21. The molecule has 2 aromatic rings. The maximum Gasteiger partial charge on any atom is 0.200 e. The number of hydrogen-bond donors (Lipinski definition) is 2. The lowest BCUT2D eigenvalue weighted by Gasteiger charge is -2.08. The van der Waals surface area contributed by atoms with Gasteiger partial charge >= 0.3 is 0 Å². The number of ketones is 1. The lowest BCUT2D eigenvalue weighted by Crippen LogP contribution is -2.03. The fourth-order valence-corrected chi connectivity index (χ4v) is 2.35. The van der Waals surface area contributed by atoms with E-state index in [1.165, 1.54) is 18.2 Å². The van der Waals surface area contributed by atoms with Crippen LogP contribution in [0.1, 0.15) is 33.2 Å². The van der Waals surface area contributed by atoms with Crippen LogP contribution in [0.2, 0.25) is 0 Å². The van der Waals surface area contributed by atoms with E-state index in [1.807, 2.05) is 0 Å². The van der Waals surface area contributed by atoms with E-state index in [9.17, 15) is 15.0 Å². The molecule has 0 aromatic heterocycles. The van der Waals surface area contributed by atoms with Gasteiger partial charge < -0.3 is 19.7 Å². The minimum atomic E-state index is -0.428. The standard InChI is InChI=1S/C17H16O5/c1-21-8-10-2-4-12(14(18)6-10)17(20)13-5-3-11(7-15(13)19)16-9-22-16/h2-7,16,18-19H,8-9H2,1H3. The van der Waals surface area contributed by atoms with Crippen LogP contribution < -0.4 is 0 Å². The van der Waals surface area contributed by atoms with Crippen LogP contribution in [0.15, 0.2) is 36.4 Å². The van der Waals surface area contributed by atoms with Gasteiger partial charge in [-0.25, -0.2) is 0 Å². The van der Waals surface area contributed by atoms with E-state index in [1.54, 1.807) is 25.3 Å². The lowest BCUT2D eigenvalue weighted by atomic mass is 9.98. The largest absolute Gasteiger partial charge is 0.507 e. The molecule has 1 aliphatic rings. The van der Waals surface area contributed by atoms with Crippen molar-refractivity contribution in [3.05, 3.63) is 58.7 Å². The predicted octanol–water partition coefficient (Wildman–Crippen LogP) is 2.55. The molecule has 0 bridgehead atoms. The van der Waals surface area contributed by atoms with Gasteiger partial charge in [0.15, 0.2) is 5.78 Å². The van der Waals surface area contributed by atoms with Crippen molar-refractivity contribution < 1.29 is 24.5 Å². The van der Waals surface area contributed by atoms with E-state index in [-0.39, 0.29) is 28.7 Å². The predicted molar refractivity (Wildman–Crippen MR) is 79.1 cm³/mol. The second kappa shape index (κ2) is 5.79. The molecule has 1 atom stereocenters. The summed E-state index contributed by atoms with van der Waals surface area (Å²) in [5.41, 5.74) is 1.90. The van der Waals surface area contributed by atoms with E-state index >= 15 is 0 Å². The molecule has 114 valence electrons. The third kappa shape index (κ3) is 2.81. The van der Waals surface area contributed by atoms with Gasteiger partial charge in [0.1, 0.15) is 17.6 Å². The van der Waals surface area contributed by atoms with Gasteiger partial charge in [0.25, 0.3) is 0 Å². The van der Waals surface area contributed by atoms with E-state index in [0.29, 0.717) is 13.2 Å². The highest BCUT2D eigenvalue weighted by Crippen LogP contribution is 2.34.